The van der Waals surface area contributed by atoms with Crippen LogP contribution >= 0.6 is 0 Å². The molecule has 17 heavy (non-hydrogen) atoms. The molecule has 2 heteroatoms. The van der Waals surface area contributed by atoms with Crippen LogP contribution in [-0.2, 0) is 4.79 Å². The Balaban J connectivity index is 2.18. The standard InChI is InChI=1S/C15H20O2/c1-8-11-10(7-14(3,4)13(11)17)12(16)9(2)15(8)5-6-15/h10,12,16H,2,5-7H2,1,3-4H3. The highest BCUT2D eigenvalue weighted by atomic mass is 16.3. The van der Waals surface area contributed by atoms with Crippen molar-refractivity contribution in [1.29, 1.82) is 0 Å². The Labute approximate surface area is 102 Å². The summed E-state index contributed by atoms with van der Waals surface area (Å²) in [7, 11) is 0. The van der Waals surface area contributed by atoms with E-state index in [1.807, 2.05) is 13.8 Å². The number of hydrogen-bond acceptors (Lipinski definition) is 2. The fourth-order valence-electron chi connectivity index (χ4n) is 3.84. The predicted molar refractivity (Wildman–Crippen MR) is 66.4 cm³/mol. The van der Waals surface area contributed by atoms with Gasteiger partial charge in [0, 0.05) is 22.3 Å². The van der Waals surface area contributed by atoms with Crippen molar-refractivity contribution < 1.29 is 9.90 Å². The highest BCUT2D eigenvalue weighted by Gasteiger charge is 2.59. The lowest BCUT2D eigenvalue weighted by molar-refractivity contribution is -0.121. The number of hydrogen-bond donors (Lipinski definition) is 1. The van der Waals surface area contributed by atoms with Gasteiger partial charge in [0.2, 0.25) is 0 Å². The van der Waals surface area contributed by atoms with Crippen LogP contribution in [0.3, 0.4) is 0 Å². The van der Waals surface area contributed by atoms with Crippen LogP contribution in [-0.4, -0.2) is 17.0 Å². The van der Waals surface area contributed by atoms with Gasteiger partial charge in [0.15, 0.2) is 5.78 Å². The van der Waals surface area contributed by atoms with E-state index in [0.29, 0.717) is 0 Å². The molecule has 1 spiro atoms. The molecule has 3 aliphatic carbocycles. The van der Waals surface area contributed by atoms with Crippen LogP contribution in [0.2, 0.25) is 0 Å². The number of fused-ring (bicyclic) bond motifs is 1. The van der Waals surface area contributed by atoms with Gasteiger partial charge in [0.05, 0.1) is 6.10 Å². The van der Waals surface area contributed by atoms with E-state index in [-0.39, 0.29) is 22.5 Å². The Morgan fingerprint density at radius 3 is 2.47 bits per heavy atom. The summed E-state index contributed by atoms with van der Waals surface area (Å²) in [5.41, 5.74) is 2.74. The molecule has 0 aromatic carbocycles. The zero-order chi connectivity index (χ0) is 12.6. The molecule has 0 aromatic rings. The summed E-state index contributed by atoms with van der Waals surface area (Å²) < 4.78 is 0. The second-order valence-corrected chi connectivity index (χ2v) is 6.61. The number of allylic oxidation sites excluding steroid dienone is 1. The second-order valence-electron chi connectivity index (χ2n) is 6.61. The molecule has 0 aliphatic heterocycles. The van der Waals surface area contributed by atoms with Crippen molar-refractivity contribution in [2.24, 2.45) is 16.7 Å². The van der Waals surface area contributed by atoms with E-state index in [4.69, 9.17) is 0 Å². The lowest BCUT2D eigenvalue weighted by Crippen LogP contribution is -2.33. The largest absolute Gasteiger partial charge is 0.388 e. The maximum Gasteiger partial charge on any atom is 0.164 e. The van der Waals surface area contributed by atoms with E-state index in [2.05, 4.69) is 13.5 Å². The number of carbonyl (C=O) groups is 1. The Bertz CT molecular complexity index is 463. The third-order valence-electron chi connectivity index (χ3n) is 5.18. The lowest BCUT2D eigenvalue weighted by Gasteiger charge is -2.35. The summed E-state index contributed by atoms with van der Waals surface area (Å²) >= 11 is 0. The Morgan fingerprint density at radius 2 is 1.94 bits per heavy atom. The van der Waals surface area contributed by atoms with Crippen LogP contribution in [0.25, 0.3) is 0 Å². The van der Waals surface area contributed by atoms with Gasteiger partial charge in [-0.2, -0.15) is 0 Å². The Morgan fingerprint density at radius 1 is 1.35 bits per heavy atom. The number of rotatable bonds is 0. The number of aliphatic hydroxyl groups is 1. The number of Topliss-reactive ketones (excluding diaryl/α,β-unsaturated/α-hetero) is 1. The average molecular weight is 232 g/mol. The van der Waals surface area contributed by atoms with Crippen molar-refractivity contribution in [3.63, 3.8) is 0 Å². The molecule has 0 aromatic heterocycles. The van der Waals surface area contributed by atoms with Gasteiger partial charge in [-0.3, -0.25) is 4.79 Å². The van der Waals surface area contributed by atoms with Crippen molar-refractivity contribution in [1.82, 2.24) is 0 Å². The van der Waals surface area contributed by atoms with Crippen molar-refractivity contribution in [2.45, 2.75) is 46.1 Å². The highest BCUT2D eigenvalue weighted by molar-refractivity contribution is 6.03. The molecule has 0 radical (unpaired) electrons. The molecule has 0 heterocycles. The van der Waals surface area contributed by atoms with Crippen LogP contribution in [0.1, 0.15) is 40.0 Å². The van der Waals surface area contributed by atoms with E-state index >= 15 is 0 Å². The number of carbonyl (C=O) groups excluding carboxylic acids is 1. The summed E-state index contributed by atoms with van der Waals surface area (Å²) in [5, 5.41) is 10.4. The summed E-state index contributed by atoms with van der Waals surface area (Å²) in [6.07, 6.45) is 2.36. The maximum atomic E-state index is 12.4. The summed E-state index contributed by atoms with van der Waals surface area (Å²) in [6.45, 7) is 10.2. The van der Waals surface area contributed by atoms with E-state index in [0.717, 1.165) is 30.4 Å². The minimum Gasteiger partial charge on any atom is -0.388 e. The highest BCUT2D eigenvalue weighted by Crippen LogP contribution is 2.65. The van der Waals surface area contributed by atoms with Crippen LogP contribution in [0.4, 0.5) is 0 Å². The monoisotopic (exact) mass is 232 g/mol. The smallest absolute Gasteiger partial charge is 0.164 e. The number of aliphatic hydroxyl groups excluding tert-OH is 1. The minimum atomic E-state index is -0.512. The summed E-state index contributed by atoms with van der Waals surface area (Å²) in [5.74, 6) is 0.244. The Kier molecular flexibility index (Phi) is 1.92. The molecular formula is C15H20O2. The van der Waals surface area contributed by atoms with Gasteiger partial charge < -0.3 is 5.11 Å². The molecule has 2 nitrogen and oxygen atoms in total. The fraction of sp³-hybridized carbons (Fsp3) is 0.667. The van der Waals surface area contributed by atoms with Gasteiger partial charge in [-0.15, -0.1) is 0 Å². The van der Waals surface area contributed by atoms with Gasteiger partial charge in [0.1, 0.15) is 0 Å². The second kappa shape index (κ2) is 2.92. The van der Waals surface area contributed by atoms with E-state index in [9.17, 15) is 9.90 Å². The maximum absolute atomic E-state index is 12.4. The number of ketones is 1. The summed E-state index contributed by atoms with van der Waals surface area (Å²) in [6, 6.07) is 0. The topological polar surface area (TPSA) is 37.3 Å². The molecule has 92 valence electrons. The van der Waals surface area contributed by atoms with Crippen molar-refractivity contribution in [3.05, 3.63) is 23.3 Å². The van der Waals surface area contributed by atoms with Crippen LogP contribution < -0.4 is 0 Å². The van der Waals surface area contributed by atoms with Gasteiger partial charge in [-0.25, -0.2) is 0 Å². The molecule has 2 unspecified atom stereocenters. The third-order valence-corrected chi connectivity index (χ3v) is 5.18. The van der Waals surface area contributed by atoms with E-state index in [1.165, 1.54) is 5.57 Å². The van der Waals surface area contributed by atoms with Crippen molar-refractivity contribution in [3.8, 4) is 0 Å². The molecular weight excluding hydrogens is 212 g/mol. The predicted octanol–water partition coefficient (Wildman–Crippen LogP) is 2.63. The van der Waals surface area contributed by atoms with Gasteiger partial charge in [-0.05, 0) is 31.8 Å². The van der Waals surface area contributed by atoms with Crippen LogP contribution in [0.15, 0.2) is 23.3 Å². The van der Waals surface area contributed by atoms with Crippen LogP contribution in [0.5, 0.6) is 0 Å². The Hall–Kier alpha value is -0.890. The van der Waals surface area contributed by atoms with E-state index in [1.54, 1.807) is 0 Å². The zero-order valence-corrected chi connectivity index (χ0v) is 10.8. The first kappa shape index (κ1) is 11.2. The molecule has 2 fully saturated rings. The third kappa shape index (κ3) is 1.17. The summed E-state index contributed by atoms with van der Waals surface area (Å²) in [4.78, 5) is 12.4. The van der Waals surface area contributed by atoms with Gasteiger partial charge in [-0.1, -0.05) is 26.0 Å². The molecule has 0 saturated heterocycles. The van der Waals surface area contributed by atoms with E-state index < -0.39 is 6.10 Å². The zero-order valence-electron chi connectivity index (χ0n) is 10.8. The molecule has 2 atom stereocenters. The van der Waals surface area contributed by atoms with Gasteiger partial charge >= 0.3 is 0 Å². The van der Waals surface area contributed by atoms with Crippen molar-refractivity contribution >= 4 is 5.78 Å². The first-order chi connectivity index (χ1) is 7.81. The molecule has 3 rings (SSSR count). The lowest BCUT2D eigenvalue weighted by atomic mass is 9.71. The minimum absolute atomic E-state index is 0.00350. The normalized spacial score (nSPS) is 37.6. The quantitative estimate of drug-likeness (QED) is 0.652. The average Bonchev–Trinajstić information content (AvgIpc) is 3.00. The van der Waals surface area contributed by atoms with Crippen molar-refractivity contribution in [2.75, 3.05) is 0 Å². The molecule has 2 saturated carbocycles. The molecule has 0 bridgehead atoms. The SMILES string of the molecule is C=C1C(O)C2CC(C)(C)C(=O)C2=C(C)C12CC2. The van der Waals surface area contributed by atoms with Crippen LogP contribution in [0, 0.1) is 16.7 Å². The molecule has 3 aliphatic rings. The molecule has 1 N–H and O–H groups in total. The van der Waals surface area contributed by atoms with Gasteiger partial charge in [0.25, 0.3) is 0 Å². The fourth-order valence-corrected chi connectivity index (χ4v) is 3.84. The molecule has 0 amide bonds. The first-order valence-electron chi connectivity index (χ1n) is 6.45. The first-order valence-corrected chi connectivity index (χ1v) is 6.45.